The second-order valence-electron chi connectivity index (χ2n) is 6.57. The van der Waals surface area contributed by atoms with E-state index in [0.29, 0.717) is 0 Å². The van der Waals surface area contributed by atoms with E-state index in [-0.39, 0.29) is 0 Å². The van der Waals surface area contributed by atoms with Crippen LogP contribution in [0.15, 0.2) is 70.1 Å². The third kappa shape index (κ3) is 3.95. The monoisotopic (exact) mass is 378 g/mol. The lowest BCUT2D eigenvalue weighted by atomic mass is 10.1. The van der Waals surface area contributed by atoms with Crippen LogP contribution in [-0.4, -0.2) is 14.1 Å². The minimum atomic E-state index is 0.862. The number of imidazole rings is 1. The van der Waals surface area contributed by atoms with Gasteiger partial charge in [0.25, 0.3) is 0 Å². The number of hydrogen-bond acceptors (Lipinski definition) is 4. The number of furan rings is 1. The van der Waals surface area contributed by atoms with E-state index < -0.39 is 0 Å². The van der Waals surface area contributed by atoms with Crippen molar-refractivity contribution in [2.24, 2.45) is 4.99 Å². The number of nitrogens with zero attached hydrogens (tertiary/aromatic N) is 4. The quantitative estimate of drug-likeness (QED) is 0.477. The number of thiazole rings is 1. The van der Waals surface area contributed by atoms with Crippen molar-refractivity contribution in [3.63, 3.8) is 0 Å². The Morgan fingerprint density at radius 2 is 2.07 bits per heavy atom. The van der Waals surface area contributed by atoms with Crippen LogP contribution in [0.25, 0.3) is 11.5 Å². The van der Waals surface area contributed by atoms with Gasteiger partial charge in [-0.2, -0.15) is 0 Å². The molecule has 0 spiro atoms. The third-order valence-corrected chi connectivity index (χ3v) is 5.51. The van der Waals surface area contributed by atoms with E-state index in [9.17, 15) is 0 Å². The van der Waals surface area contributed by atoms with Crippen LogP contribution >= 0.6 is 11.3 Å². The van der Waals surface area contributed by atoms with Gasteiger partial charge in [0.1, 0.15) is 0 Å². The summed E-state index contributed by atoms with van der Waals surface area (Å²) in [5, 5.41) is 2.12. The second kappa shape index (κ2) is 7.80. The summed E-state index contributed by atoms with van der Waals surface area (Å²) in [4.78, 5) is 10.0. The van der Waals surface area contributed by atoms with Crippen LogP contribution in [0.2, 0.25) is 0 Å². The number of rotatable bonds is 6. The molecule has 27 heavy (non-hydrogen) atoms. The zero-order valence-electron chi connectivity index (χ0n) is 15.5. The van der Waals surface area contributed by atoms with Crippen molar-refractivity contribution in [3.8, 4) is 11.5 Å². The predicted molar refractivity (Wildman–Crippen MR) is 108 cm³/mol. The molecule has 0 bridgehead atoms. The Morgan fingerprint density at radius 1 is 1.15 bits per heavy atom. The summed E-state index contributed by atoms with van der Waals surface area (Å²) in [6.07, 6.45) is 8.36. The molecule has 3 aromatic heterocycles. The van der Waals surface area contributed by atoms with Crippen LogP contribution in [0.5, 0.6) is 0 Å². The van der Waals surface area contributed by atoms with Crippen LogP contribution < -0.4 is 4.80 Å². The molecule has 1 aromatic carbocycles. The normalized spacial score (nSPS) is 12.0. The summed E-state index contributed by atoms with van der Waals surface area (Å²) < 4.78 is 9.98. The summed E-state index contributed by atoms with van der Waals surface area (Å²) in [5.74, 6) is 0.871. The molecule has 6 heteroatoms. The predicted octanol–water partition coefficient (Wildman–Crippen LogP) is 4.95. The maximum atomic E-state index is 5.64. The molecule has 0 amide bonds. The minimum Gasteiger partial charge on any atom is -0.463 e. The fourth-order valence-corrected chi connectivity index (χ4v) is 3.93. The topological polar surface area (TPSA) is 48.2 Å². The van der Waals surface area contributed by atoms with Crippen molar-refractivity contribution in [1.29, 1.82) is 0 Å². The van der Waals surface area contributed by atoms with Crippen molar-refractivity contribution in [2.45, 2.75) is 33.4 Å². The molecule has 5 nitrogen and oxygen atoms in total. The molecule has 0 fully saturated rings. The summed E-state index contributed by atoms with van der Waals surface area (Å²) in [6, 6.07) is 10.2. The summed E-state index contributed by atoms with van der Waals surface area (Å²) in [7, 11) is 0. The lowest BCUT2D eigenvalue weighted by molar-refractivity contribution is 0.541. The highest BCUT2D eigenvalue weighted by molar-refractivity contribution is 7.07. The van der Waals surface area contributed by atoms with Crippen LogP contribution in [0, 0.1) is 13.8 Å². The highest BCUT2D eigenvalue weighted by atomic mass is 32.1. The van der Waals surface area contributed by atoms with E-state index in [1.807, 2.05) is 30.9 Å². The molecule has 0 aliphatic rings. The lowest BCUT2D eigenvalue weighted by Crippen LogP contribution is -2.17. The first-order valence-electron chi connectivity index (χ1n) is 9.00. The number of benzene rings is 1. The first-order valence-corrected chi connectivity index (χ1v) is 9.88. The fraction of sp³-hybridized carbons (Fsp3) is 0.238. The molecule has 0 saturated heterocycles. The lowest BCUT2D eigenvalue weighted by Gasteiger charge is -2.08. The Hall–Kier alpha value is -2.86. The van der Waals surface area contributed by atoms with E-state index in [4.69, 9.17) is 9.41 Å². The van der Waals surface area contributed by atoms with E-state index in [1.54, 1.807) is 17.6 Å². The largest absolute Gasteiger partial charge is 0.463 e. The molecule has 4 rings (SSSR count). The molecule has 0 radical (unpaired) electrons. The van der Waals surface area contributed by atoms with E-state index in [1.165, 1.54) is 11.1 Å². The fourth-order valence-electron chi connectivity index (χ4n) is 2.99. The second-order valence-corrected chi connectivity index (χ2v) is 7.40. The van der Waals surface area contributed by atoms with Crippen molar-refractivity contribution in [1.82, 2.24) is 14.1 Å². The Morgan fingerprint density at radius 3 is 2.81 bits per heavy atom. The molecule has 0 aliphatic heterocycles. The third-order valence-electron chi connectivity index (χ3n) is 4.64. The SMILES string of the molecule is Cc1ccc(N=c2scc(-c3ccco3)n2CCCn2ccnc2)cc1C. The van der Waals surface area contributed by atoms with Crippen LogP contribution in [-0.2, 0) is 13.1 Å². The van der Waals surface area contributed by atoms with Crippen molar-refractivity contribution in [2.75, 3.05) is 0 Å². The highest BCUT2D eigenvalue weighted by Gasteiger charge is 2.10. The van der Waals surface area contributed by atoms with E-state index >= 15 is 0 Å². The van der Waals surface area contributed by atoms with E-state index in [2.05, 4.69) is 51.5 Å². The molecule has 0 N–H and O–H groups in total. The molecule has 3 heterocycles. The molecule has 0 atom stereocenters. The molecule has 0 saturated carbocycles. The molecule has 138 valence electrons. The number of hydrogen-bond donors (Lipinski definition) is 0. The van der Waals surface area contributed by atoms with Gasteiger partial charge in [-0.3, -0.25) is 0 Å². The first-order chi connectivity index (χ1) is 13.2. The Bertz CT molecular complexity index is 1070. The molecular formula is C21H22N4OS. The van der Waals surface area contributed by atoms with Crippen molar-refractivity contribution >= 4 is 17.0 Å². The van der Waals surface area contributed by atoms with Gasteiger partial charge in [-0.25, -0.2) is 9.98 Å². The number of aromatic nitrogens is 3. The van der Waals surface area contributed by atoms with Gasteiger partial charge >= 0.3 is 0 Å². The number of aryl methyl sites for hydroxylation is 3. The van der Waals surface area contributed by atoms with Gasteiger partial charge in [-0.1, -0.05) is 6.07 Å². The van der Waals surface area contributed by atoms with Crippen molar-refractivity contribution in [3.05, 3.63) is 76.6 Å². The molecular weight excluding hydrogens is 356 g/mol. The first kappa shape index (κ1) is 17.5. The maximum Gasteiger partial charge on any atom is 0.190 e. The van der Waals surface area contributed by atoms with Gasteiger partial charge in [0.15, 0.2) is 10.6 Å². The molecule has 0 unspecified atom stereocenters. The van der Waals surface area contributed by atoms with E-state index in [0.717, 1.165) is 41.5 Å². The summed E-state index contributed by atoms with van der Waals surface area (Å²) in [6.45, 7) is 6.02. The van der Waals surface area contributed by atoms with Gasteiger partial charge in [0.2, 0.25) is 0 Å². The van der Waals surface area contributed by atoms with Gasteiger partial charge in [0, 0.05) is 30.9 Å². The van der Waals surface area contributed by atoms with Crippen molar-refractivity contribution < 1.29 is 4.42 Å². The average molecular weight is 379 g/mol. The van der Waals surface area contributed by atoms with Gasteiger partial charge in [-0.05, 0) is 55.7 Å². The molecule has 0 aliphatic carbocycles. The Balaban J connectivity index is 1.67. The highest BCUT2D eigenvalue weighted by Crippen LogP contribution is 2.22. The zero-order chi connectivity index (χ0) is 18.6. The minimum absolute atomic E-state index is 0.862. The standard InChI is InChI=1S/C21H22N4OS/c1-16-6-7-18(13-17(16)2)23-21-25(10-4-9-24-11-8-22-15-24)19(14-27-21)20-5-3-12-26-20/h3,5-8,11-15H,4,9-10H2,1-2H3. The average Bonchev–Trinajstić information content (AvgIpc) is 3.41. The Labute approximate surface area is 162 Å². The molecule has 4 aromatic rings. The maximum absolute atomic E-state index is 5.64. The van der Waals surface area contributed by atoms with Crippen LogP contribution in [0.4, 0.5) is 5.69 Å². The summed E-state index contributed by atoms with van der Waals surface area (Å²) >= 11 is 1.64. The van der Waals surface area contributed by atoms with Gasteiger partial charge < -0.3 is 13.6 Å². The van der Waals surface area contributed by atoms with Gasteiger partial charge in [0.05, 0.1) is 24.0 Å². The summed E-state index contributed by atoms with van der Waals surface area (Å²) in [5.41, 5.74) is 4.59. The van der Waals surface area contributed by atoms with Crippen LogP contribution in [0.3, 0.4) is 0 Å². The zero-order valence-corrected chi connectivity index (χ0v) is 16.3. The Kier molecular flexibility index (Phi) is 5.07. The smallest absolute Gasteiger partial charge is 0.190 e. The van der Waals surface area contributed by atoms with Crippen LogP contribution in [0.1, 0.15) is 17.5 Å². The van der Waals surface area contributed by atoms with Gasteiger partial charge in [-0.15, -0.1) is 11.3 Å².